The van der Waals surface area contributed by atoms with Crippen molar-refractivity contribution in [2.75, 3.05) is 0 Å². The number of carbonyl (C=O) groups excluding carboxylic acids is 1. The van der Waals surface area contributed by atoms with Crippen LogP contribution in [0.15, 0.2) is 59.7 Å². The number of benzene rings is 2. The Morgan fingerprint density at radius 3 is 2.25 bits per heavy atom. The third-order valence-electron chi connectivity index (χ3n) is 4.77. The summed E-state index contributed by atoms with van der Waals surface area (Å²) < 4.78 is 0. The van der Waals surface area contributed by atoms with Crippen LogP contribution in [0.3, 0.4) is 0 Å². The lowest BCUT2D eigenvalue weighted by Gasteiger charge is -2.22. The van der Waals surface area contributed by atoms with E-state index >= 15 is 0 Å². The Hall–Kier alpha value is -2.42. The summed E-state index contributed by atoms with van der Waals surface area (Å²) in [4.78, 5) is 12.0. The maximum Gasteiger partial charge on any atom is 0.271 e. The molecule has 0 heterocycles. The highest BCUT2D eigenvalue weighted by Crippen LogP contribution is 2.32. The normalized spacial score (nSPS) is 16.0. The van der Waals surface area contributed by atoms with Gasteiger partial charge in [-0.15, -0.1) is 0 Å². The lowest BCUT2D eigenvalue weighted by atomic mass is 9.84. The van der Waals surface area contributed by atoms with Crippen LogP contribution in [0.1, 0.15) is 66.4 Å². The van der Waals surface area contributed by atoms with Gasteiger partial charge in [0.15, 0.2) is 0 Å². The van der Waals surface area contributed by atoms with Crippen LogP contribution in [0.5, 0.6) is 0 Å². The first kappa shape index (κ1) is 16.4. The molecule has 1 aliphatic carbocycles. The molecule has 0 unspecified atom stereocenters. The molecule has 3 rings (SSSR count). The monoisotopic (exact) mass is 320 g/mol. The summed E-state index contributed by atoms with van der Waals surface area (Å²) in [5, 5.41) is 4.23. The fourth-order valence-electron chi connectivity index (χ4n) is 3.29. The molecule has 0 atom stereocenters. The third kappa shape index (κ3) is 4.10. The zero-order valence-corrected chi connectivity index (χ0v) is 14.2. The first-order valence-corrected chi connectivity index (χ1v) is 8.74. The molecule has 0 bridgehead atoms. The smallest absolute Gasteiger partial charge is 0.267 e. The molecule has 0 spiro atoms. The van der Waals surface area contributed by atoms with E-state index in [9.17, 15) is 4.79 Å². The van der Waals surface area contributed by atoms with Gasteiger partial charge < -0.3 is 0 Å². The largest absolute Gasteiger partial charge is 0.271 e. The average Bonchev–Trinajstić information content (AvgIpc) is 2.67. The molecule has 3 nitrogen and oxygen atoms in total. The Morgan fingerprint density at radius 1 is 0.917 bits per heavy atom. The molecule has 0 saturated heterocycles. The van der Waals surface area contributed by atoms with Gasteiger partial charge in [-0.3, -0.25) is 4.79 Å². The Labute approximate surface area is 143 Å². The second-order valence-corrected chi connectivity index (χ2v) is 6.46. The SMILES string of the molecule is CC(=NNC(=O)c1ccccc1)c1ccc(C2CCCCC2)cc1. The molecule has 0 aromatic heterocycles. The van der Waals surface area contributed by atoms with E-state index in [0.29, 0.717) is 11.5 Å². The van der Waals surface area contributed by atoms with E-state index in [0.717, 1.165) is 11.3 Å². The second kappa shape index (κ2) is 7.91. The molecule has 1 fully saturated rings. The molecule has 0 radical (unpaired) electrons. The predicted molar refractivity (Wildman–Crippen MR) is 98.4 cm³/mol. The molecule has 2 aromatic rings. The standard InChI is InChI=1S/C21H24N2O/c1-16(22-23-21(24)20-10-6-3-7-11-20)17-12-14-19(15-13-17)18-8-4-2-5-9-18/h3,6-7,10-15,18H,2,4-5,8-9H2,1H3,(H,23,24). The summed E-state index contributed by atoms with van der Waals surface area (Å²) in [7, 11) is 0. The number of carbonyl (C=O) groups is 1. The van der Waals surface area contributed by atoms with Gasteiger partial charge in [-0.05, 0) is 48.9 Å². The van der Waals surface area contributed by atoms with Gasteiger partial charge in [-0.1, -0.05) is 61.7 Å². The molecule has 1 N–H and O–H groups in total. The van der Waals surface area contributed by atoms with Crippen LogP contribution in [0.25, 0.3) is 0 Å². The predicted octanol–water partition coefficient (Wildman–Crippen LogP) is 4.89. The highest BCUT2D eigenvalue weighted by molar-refractivity contribution is 6.00. The molecule has 2 aromatic carbocycles. The minimum atomic E-state index is -0.186. The summed E-state index contributed by atoms with van der Waals surface area (Å²) in [5.74, 6) is 0.525. The topological polar surface area (TPSA) is 41.5 Å². The molecule has 24 heavy (non-hydrogen) atoms. The van der Waals surface area contributed by atoms with Gasteiger partial charge in [-0.2, -0.15) is 5.10 Å². The Morgan fingerprint density at radius 2 is 1.58 bits per heavy atom. The van der Waals surface area contributed by atoms with Crippen LogP contribution in [-0.4, -0.2) is 11.6 Å². The number of hydrazone groups is 1. The molecular formula is C21H24N2O. The van der Waals surface area contributed by atoms with Crippen molar-refractivity contribution in [3.8, 4) is 0 Å². The molecule has 1 aliphatic rings. The van der Waals surface area contributed by atoms with Crippen molar-refractivity contribution in [3.63, 3.8) is 0 Å². The van der Waals surface area contributed by atoms with Gasteiger partial charge in [0, 0.05) is 5.56 Å². The minimum Gasteiger partial charge on any atom is -0.267 e. The first-order chi connectivity index (χ1) is 11.7. The van der Waals surface area contributed by atoms with Crippen LogP contribution in [-0.2, 0) is 0 Å². The fourth-order valence-corrected chi connectivity index (χ4v) is 3.29. The van der Waals surface area contributed by atoms with Crippen molar-refractivity contribution < 1.29 is 4.79 Å². The summed E-state index contributed by atoms with van der Waals surface area (Å²) in [6, 6.07) is 17.8. The van der Waals surface area contributed by atoms with E-state index in [1.54, 1.807) is 12.1 Å². The average molecular weight is 320 g/mol. The first-order valence-electron chi connectivity index (χ1n) is 8.74. The van der Waals surface area contributed by atoms with E-state index in [-0.39, 0.29) is 5.91 Å². The van der Waals surface area contributed by atoms with Gasteiger partial charge >= 0.3 is 0 Å². The Kier molecular flexibility index (Phi) is 5.42. The van der Waals surface area contributed by atoms with E-state index < -0.39 is 0 Å². The maximum absolute atomic E-state index is 12.0. The number of nitrogens with zero attached hydrogens (tertiary/aromatic N) is 1. The number of hydrogen-bond donors (Lipinski definition) is 1. The highest BCUT2D eigenvalue weighted by atomic mass is 16.2. The summed E-state index contributed by atoms with van der Waals surface area (Å²) >= 11 is 0. The quantitative estimate of drug-likeness (QED) is 0.632. The molecular weight excluding hydrogens is 296 g/mol. The fraction of sp³-hybridized carbons (Fsp3) is 0.333. The van der Waals surface area contributed by atoms with Crippen molar-refractivity contribution in [2.45, 2.75) is 44.9 Å². The van der Waals surface area contributed by atoms with Crippen molar-refractivity contribution in [1.29, 1.82) is 0 Å². The van der Waals surface area contributed by atoms with Gasteiger partial charge in [0.25, 0.3) is 5.91 Å². The summed E-state index contributed by atoms with van der Waals surface area (Å²) in [5.41, 5.74) is 6.53. The molecule has 1 amide bonds. The van der Waals surface area contributed by atoms with Gasteiger partial charge in [0.1, 0.15) is 0 Å². The summed E-state index contributed by atoms with van der Waals surface area (Å²) in [6.07, 6.45) is 6.68. The van der Waals surface area contributed by atoms with Crippen LogP contribution < -0.4 is 5.43 Å². The Balaban J connectivity index is 1.64. The molecule has 124 valence electrons. The zero-order valence-electron chi connectivity index (χ0n) is 14.2. The lowest BCUT2D eigenvalue weighted by Crippen LogP contribution is -2.19. The molecule has 0 aliphatic heterocycles. The van der Waals surface area contributed by atoms with Crippen molar-refractivity contribution in [3.05, 3.63) is 71.3 Å². The number of rotatable bonds is 4. The highest BCUT2D eigenvalue weighted by Gasteiger charge is 2.15. The number of hydrogen-bond acceptors (Lipinski definition) is 2. The summed E-state index contributed by atoms with van der Waals surface area (Å²) in [6.45, 7) is 1.92. The van der Waals surface area contributed by atoms with Crippen molar-refractivity contribution in [1.82, 2.24) is 5.43 Å². The van der Waals surface area contributed by atoms with E-state index in [4.69, 9.17) is 0 Å². The van der Waals surface area contributed by atoms with Crippen LogP contribution in [0.4, 0.5) is 0 Å². The number of nitrogens with one attached hydrogen (secondary N) is 1. The zero-order chi connectivity index (χ0) is 16.8. The number of amides is 1. The molecule has 3 heteroatoms. The van der Waals surface area contributed by atoms with Crippen molar-refractivity contribution >= 4 is 11.6 Å². The van der Waals surface area contributed by atoms with E-state index in [1.807, 2.05) is 25.1 Å². The molecule has 1 saturated carbocycles. The van der Waals surface area contributed by atoms with E-state index in [2.05, 4.69) is 34.8 Å². The van der Waals surface area contributed by atoms with Crippen LogP contribution in [0.2, 0.25) is 0 Å². The van der Waals surface area contributed by atoms with Crippen LogP contribution in [0, 0.1) is 0 Å². The maximum atomic E-state index is 12.0. The van der Waals surface area contributed by atoms with Gasteiger partial charge in [0.05, 0.1) is 5.71 Å². The minimum absolute atomic E-state index is 0.186. The van der Waals surface area contributed by atoms with Crippen molar-refractivity contribution in [2.24, 2.45) is 5.10 Å². The Bertz CT molecular complexity index is 698. The lowest BCUT2D eigenvalue weighted by molar-refractivity contribution is 0.0955. The van der Waals surface area contributed by atoms with Gasteiger partial charge in [0.2, 0.25) is 0 Å². The second-order valence-electron chi connectivity index (χ2n) is 6.46. The third-order valence-corrected chi connectivity index (χ3v) is 4.77. The van der Waals surface area contributed by atoms with Crippen LogP contribution >= 0.6 is 0 Å². The van der Waals surface area contributed by atoms with Gasteiger partial charge in [-0.25, -0.2) is 5.43 Å². The van der Waals surface area contributed by atoms with E-state index in [1.165, 1.54) is 37.7 Å².